The number of carboxylic acid groups (broad SMARTS) is 1. The van der Waals surface area contributed by atoms with E-state index in [2.05, 4.69) is 0 Å². The topological polar surface area (TPSA) is 57.6 Å². The van der Waals surface area contributed by atoms with E-state index in [9.17, 15) is 9.59 Å². The molecular formula is C9H15NO3. The fourth-order valence-corrected chi connectivity index (χ4v) is 1.73. The van der Waals surface area contributed by atoms with Crippen LogP contribution >= 0.6 is 0 Å². The molecule has 4 nitrogen and oxygen atoms in total. The number of carbonyl (C=O) groups excluding carboxylic acids is 1. The van der Waals surface area contributed by atoms with Crippen LogP contribution < -0.4 is 0 Å². The molecule has 0 bridgehead atoms. The van der Waals surface area contributed by atoms with E-state index in [0.29, 0.717) is 6.54 Å². The number of rotatable bonds is 3. The Kier molecular flexibility index (Phi) is 3.28. The summed E-state index contributed by atoms with van der Waals surface area (Å²) in [7, 11) is 0. The van der Waals surface area contributed by atoms with E-state index >= 15 is 0 Å². The van der Waals surface area contributed by atoms with Crippen molar-refractivity contribution >= 4 is 11.9 Å². The number of nitrogens with zero attached hydrogens (tertiary/aromatic N) is 1. The maximum Gasteiger partial charge on any atom is 0.304 e. The zero-order valence-electron chi connectivity index (χ0n) is 7.82. The summed E-state index contributed by atoms with van der Waals surface area (Å²) in [5, 5.41) is 8.57. The molecular weight excluding hydrogens is 170 g/mol. The van der Waals surface area contributed by atoms with Gasteiger partial charge in [0.1, 0.15) is 0 Å². The van der Waals surface area contributed by atoms with Crippen molar-refractivity contribution in [2.45, 2.75) is 26.2 Å². The first-order valence-corrected chi connectivity index (χ1v) is 4.65. The number of hydrogen-bond acceptors (Lipinski definition) is 2. The van der Waals surface area contributed by atoms with E-state index < -0.39 is 5.97 Å². The van der Waals surface area contributed by atoms with E-state index in [4.69, 9.17) is 5.11 Å². The van der Waals surface area contributed by atoms with Gasteiger partial charge in [-0.05, 0) is 19.8 Å². The summed E-state index contributed by atoms with van der Waals surface area (Å²) in [6.07, 6.45) is 1.63. The second kappa shape index (κ2) is 4.25. The Hall–Kier alpha value is -1.06. The van der Waals surface area contributed by atoms with Gasteiger partial charge in [0.05, 0.1) is 6.42 Å². The molecule has 1 saturated heterocycles. The number of aliphatic carboxylic acids is 1. The van der Waals surface area contributed by atoms with Crippen molar-refractivity contribution in [1.29, 1.82) is 0 Å². The van der Waals surface area contributed by atoms with Crippen molar-refractivity contribution < 1.29 is 14.7 Å². The van der Waals surface area contributed by atoms with Gasteiger partial charge >= 0.3 is 5.97 Å². The normalized spacial score (nSPS) is 23.3. The monoisotopic (exact) mass is 185 g/mol. The predicted octanol–water partition coefficient (Wildman–Crippen LogP) is 0.720. The van der Waals surface area contributed by atoms with Gasteiger partial charge in [0, 0.05) is 19.0 Å². The second-order valence-corrected chi connectivity index (χ2v) is 3.35. The van der Waals surface area contributed by atoms with Gasteiger partial charge in [-0.1, -0.05) is 0 Å². The zero-order chi connectivity index (χ0) is 9.84. The average Bonchev–Trinajstić information content (AvgIpc) is 2.08. The third-order valence-electron chi connectivity index (χ3n) is 2.44. The van der Waals surface area contributed by atoms with Crippen LogP contribution in [0.1, 0.15) is 26.2 Å². The first-order chi connectivity index (χ1) is 6.15. The van der Waals surface area contributed by atoms with Crippen molar-refractivity contribution in [3.05, 3.63) is 0 Å². The van der Waals surface area contributed by atoms with Crippen LogP contribution in [0.15, 0.2) is 0 Å². The Morgan fingerprint density at radius 1 is 1.69 bits per heavy atom. The molecule has 1 amide bonds. The summed E-state index contributed by atoms with van der Waals surface area (Å²) in [5.74, 6) is -1.15. The van der Waals surface area contributed by atoms with Crippen LogP contribution in [0.25, 0.3) is 0 Å². The zero-order valence-corrected chi connectivity index (χ0v) is 7.82. The highest BCUT2D eigenvalue weighted by atomic mass is 16.4. The lowest BCUT2D eigenvalue weighted by atomic mass is 9.94. The molecule has 1 N–H and O–H groups in total. The molecule has 0 aromatic heterocycles. The lowest BCUT2D eigenvalue weighted by molar-refractivity contribution is -0.146. The number of likely N-dealkylation sites (tertiary alicyclic amines) is 1. The summed E-state index contributed by atoms with van der Waals surface area (Å²) in [5.41, 5.74) is 0. The van der Waals surface area contributed by atoms with Gasteiger partial charge in [-0.2, -0.15) is 0 Å². The SMILES string of the molecule is CCN1CCCC(CC(=O)O)C1=O. The fourth-order valence-electron chi connectivity index (χ4n) is 1.73. The van der Waals surface area contributed by atoms with Crippen LogP contribution in [-0.4, -0.2) is 35.0 Å². The number of carboxylic acids is 1. The van der Waals surface area contributed by atoms with Crippen LogP contribution in [-0.2, 0) is 9.59 Å². The first kappa shape index (κ1) is 10.0. The molecule has 1 aliphatic rings. The van der Waals surface area contributed by atoms with Crippen molar-refractivity contribution in [2.75, 3.05) is 13.1 Å². The van der Waals surface area contributed by atoms with E-state index in [1.807, 2.05) is 6.92 Å². The summed E-state index contributed by atoms with van der Waals surface area (Å²) in [4.78, 5) is 23.7. The van der Waals surface area contributed by atoms with Crippen molar-refractivity contribution in [3.63, 3.8) is 0 Å². The molecule has 0 saturated carbocycles. The number of carbonyl (C=O) groups is 2. The summed E-state index contributed by atoms with van der Waals surface area (Å²) >= 11 is 0. The van der Waals surface area contributed by atoms with Crippen molar-refractivity contribution in [3.8, 4) is 0 Å². The summed E-state index contributed by atoms with van der Waals surface area (Å²) < 4.78 is 0. The molecule has 74 valence electrons. The van der Waals surface area contributed by atoms with Gasteiger partial charge in [0.2, 0.25) is 5.91 Å². The Balaban J connectivity index is 2.54. The molecule has 13 heavy (non-hydrogen) atoms. The molecule has 1 heterocycles. The van der Waals surface area contributed by atoms with E-state index in [1.54, 1.807) is 4.90 Å². The average molecular weight is 185 g/mol. The number of hydrogen-bond donors (Lipinski definition) is 1. The standard InChI is InChI=1S/C9H15NO3/c1-2-10-5-3-4-7(9(10)13)6-8(11)12/h7H,2-6H2,1H3,(H,11,12). The van der Waals surface area contributed by atoms with Gasteiger partial charge in [-0.15, -0.1) is 0 Å². The smallest absolute Gasteiger partial charge is 0.304 e. The van der Waals surface area contributed by atoms with Gasteiger partial charge in [0.25, 0.3) is 0 Å². The van der Waals surface area contributed by atoms with Crippen LogP contribution in [0, 0.1) is 5.92 Å². The minimum atomic E-state index is -0.878. The second-order valence-electron chi connectivity index (χ2n) is 3.35. The molecule has 4 heteroatoms. The van der Waals surface area contributed by atoms with Gasteiger partial charge in [-0.25, -0.2) is 0 Å². The van der Waals surface area contributed by atoms with E-state index in [-0.39, 0.29) is 18.2 Å². The van der Waals surface area contributed by atoms with Crippen molar-refractivity contribution in [1.82, 2.24) is 4.90 Å². The van der Waals surface area contributed by atoms with Crippen LogP contribution in [0.5, 0.6) is 0 Å². The number of piperidine rings is 1. The van der Waals surface area contributed by atoms with Gasteiger partial charge in [-0.3, -0.25) is 9.59 Å². The van der Waals surface area contributed by atoms with Crippen LogP contribution in [0.2, 0.25) is 0 Å². The Bertz CT molecular complexity index is 215. The van der Waals surface area contributed by atoms with Gasteiger partial charge in [0.15, 0.2) is 0 Å². The van der Waals surface area contributed by atoms with Gasteiger partial charge < -0.3 is 10.0 Å². The largest absolute Gasteiger partial charge is 0.481 e. The minimum Gasteiger partial charge on any atom is -0.481 e. The molecule has 1 fully saturated rings. The maximum atomic E-state index is 11.6. The summed E-state index contributed by atoms with van der Waals surface area (Å²) in [6.45, 7) is 3.39. The Labute approximate surface area is 77.5 Å². The third kappa shape index (κ3) is 2.44. The predicted molar refractivity (Wildman–Crippen MR) is 47.2 cm³/mol. The molecule has 1 aliphatic heterocycles. The first-order valence-electron chi connectivity index (χ1n) is 4.65. The third-order valence-corrected chi connectivity index (χ3v) is 2.44. The van der Waals surface area contributed by atoms with E-state index in [0.717, 1.165) is 19.4 Å². The quantitative estimate of drug-likeness (QED) is 0.704. The highest BCUT2D eigenvalue weighted by Gasteiger charge is 2.29. The lowest BCUT2D eigenvalue weighted by Crippen LogP contribution is -2.41. The molecule has 1 unspecified atom stereocenters. The molecule has 0 aliphatic carbocycles. The summed E-state index contributed by atoms with van der Waals surface area (Å²) in [6, 6.07) is 0. The minimum absolute atomic E-state index is 0.0103. The molecule has 0 aromatic carbocycles. The maximum absolute atomic E-state index is 11.6. The number of amides is 1. The fraction of sp³-hybridized carbons (Fsp3) is 0.778. The molecule has 1 rings (SSSR count). The van der Waals surface area contributed by atoms with Crippen molar-refractivity contribution in [2.24, 2.45) is 5.92 Å². The molecule has 0 spiro atoms. The van der Waals surface area contributed by atoms with Crippen LogP contribution in [0.3, 0.4) is 0 Å². The van der Waals surface area contributed by atoms with Crippen LogP contribution in [0.4, 0.5) is 0 Å². The van der Waals surface area contributed by atoms with E-state index in [1.165, 1.54) is 0 Å². The highest BCUT2D eigenvalue weighted by molar-refractivity contribution is 5.83. The Morgan fingerprint density at radius 3 is 2.92 bits per heavy atom. The molecule has 0 aromatic rings. The molecule has 0 radical (unpaired) electrons. The Morgan fingerprint density at radius 2 is 2.38 bits per heavy atom. The molecule has 1 atom stereocenters. The highest BCUT2D eigenvalue weighted by Crippen LogP contribution is 2.20. The lowest BCUT2D eigenvalue weighted by Gasteiger charge is -2.30.